The van der Waals surface area contributed by atoms with Crippen LogP contribution in [0.25, 0.3) is 0 Å². The van der Waals surface area contributed by atoms with Crippen LogP contribution in [0.5, 0.6) is 0 Å². The molecule has 0 saturated carbocycles. The summed E-state index contributed by atoms with van der Waals surface area (Å²) in [6.45, 7) is 9.35. The van der Waals surface area contributed by atoms with E-state index in [0.29, 0.717) is 0 Å². The second-order valence-electron chi connectivity index (χ2n) is 10.2. The predicted octanol–water partition coefficient (Wildman–Crippen LogP) is 9.57. The van der Waals surface area contributed by atoms with Gasteiger partial charge in [-0.25, -0.2) is 9.13 Å². The normalized spacial score (nSPS) is 11.5. The van der Waals surface area contributed by atoms with Crippen LogP contribution in [0.15, 0.2) is 12.4 Å². The summed E-state index contributed by atoms with van der Waals surface area (Å²) in [6, 6.07) is 0. The molecule has 0 N–H and O–H groups in total. The lowest BCUT2D eigenvalue weighted by molar-refractivity contribution is -0.704. The molecule has 0 aliphatic carbocycles. The van der Waals surface area contributed by atoms with Crippen LogP contribution < -0.4 is 4.57 Å². The summed E-state index contributed by atoms with van der Waals surface area (Å²) in [4.78, 5) is 0. The molecule has 0 amide bonds. The topological polar surface area (TPSA) is 8.81 Å². The van der Waals surface area contributed by atoms with E-state index in [1.807, 2.05) is 0 Å². The van der Waals surface area contributed by atoms with E-state index in [1.165, 1.54) is 154 Å². The summed E-state index contributed by atoms with van der Waals surface area (Å²) in [7, 11) is 0. The minimum atomic E-state index is 1.21. The first-order chi connectivity index (χ1) is 15.8. The van der Waals surface area contributed by atoms with Gasteiger partial charge in [0.1, 0.15) is 12.4 Å². The Hall–Kier alpha value is -0.790. The summed E-state index contributed by atoms with van der Waals surface area (Å²) in [5.74, 6) is 1.59. The van der Waals surface area contributed by atoms with Gasteiger partial charge in [-0.05, 0) is 32.1 Å². The van der Waals surface area contributed by atoms with E-state index in [-0.39, 0.29) is 0 Å². The molecule has 0 fully saturated rings. The van der Waals surface area contributed by atoms with Gasteiger partial charge in [-0.1, -0.05) is 124 Å². The number of rotatable bonds is 24. The van der Waals surface area contributed by atoms with Gasteiger partial charge in [0.15, 0.2) is 0 Å². The Balaban J connectivity index is 2.13. The Bertz CT molecular complexity index is 505. The summed E-state index contributed by atoms with van der Waals surface area (Å²) >= 11 is 0. The van der Waals surface area contributed by atoms with E-state index in [4.69, 9.17) is 0 Å². The average Bonchev–Trinajstić information content (AvgIpc) is 3.18. The molecule has 1 aromatic heterocycles. The number of hydrogen-bond donors (Lipinski definition) is 0. The Kier molecular flexibility index (Phi) is 20.1. The summed E-state index contributed by atoms with van der Waals surface area (Å²) < 4.78 is 5.14. The van der Waals surface area contributed by atoms with E-state index in [9.17, 15) is 0 Å². The highest BCUT2D eigenvalue weighted by Crippen LogP contribution is 2.14. The van der Waals surface area contributed by atoms with Crippen molar-refractivity contribution < 1.29 is 4.57 Å². The van der Waals surface area contributed by atoms with Gasteiger partial charge in [0.05, 0.1) is 13.1 Å². The van der Waals surface area contributed by atoms with Crippen LogP contribution in [0, 0.1) is 0 Å². The van der Waals surface area contributed by atoms with Crippen LogP contribution in [0.2, 0.25) is 0 Å². The molecule has 2 heteroatoms. The van der Waals surface area contributed by atoms with Crippen molar-refractivity contribution >= 4 is 0 Å². The molecule has 188 valence electrons. The van der Waals surface area contributed by atoms with Crippen LogP contribution in [0.3, 0.4) is 0 Å². The SMILES string of the molecule is CCCCCCCCCCCCCCCCn1cc[n+](CCCCC)c1CCCCCC. The van der Waals surface area contributed by atoms with Crippen LogP contribution in [-0.2, 0) is 19.5 Å². The van der Waals surface area contributed by atoms with Crippen molar-refractivity contribution in [1.29, 1.82) is 0 Å². The van der Waals surface area contributed by atoms with E-state index in [2.05, 4.69) is 42.3 Å². The lowest BCUT2D eigenvalue weighted by Gasteiger charge is -2.06. The summed E-state index contributed by atoms with van der Waals surface area (Å²) in [6.07, 6.45) is 35.6. The van der Waals surface area contributed by atoms with Crippen LogP contribution in [0.1, 0.15) is 161 Å². The van der Waals surface area contributed by atoms with Gasteiger partial charge >= 0.3 is 0 Å². The minimum absolute atomic E-state index is 1.21. The molecule has 32 heavy (non-hydrogen) atoms. The molecule has 1 heterocycles. The van der Waals surface area contributed by atoms with Gasteiger partial charge in [0.2, 0.25) is 0 Å². The zero-order valence-corrected chi connectivity index (χ0v) is 22.5. The molecule has 2 nitrogen and oxygen atoms in total. The lowest BCUT2D eigenvalue weighted by Crippen LogP contribution is -2.37. The third kappa shape index (κ3) is 15.1. The maximum atomic E-state index is 2.58. The number of nitrogens with zero attached hydrogens (tertiary/aromatic N) is 2. The molecule has 0 radical (unpaired) electrons. The first kappa shape index (κ1) is 29.2. The maximum absolute atomic E-state index is 2.58. The van der Waals surface area contributed by atoms with Crippen LogP contribution in [0.4, 0.5) is 0 Å². The molecule has 1 rings (SSSR count). The monoisotopic (exact) mass is 447 g/mol. The summed E-state index contributed by atoms with van der Waals surface area (Å²) in [5, 5.41) is 0. The van der Waals surface area contributed by atoms with Gasteiger partial charge in [-0.3, -0.25) is 0 Å². The average molecular weight is 448 g/mol. The first-order valence-electron chi connectivity index (χ1n) is 14.9. The van der Waals surface area contributed by atoms with Crippen molar-refractivity contribution in [1.82, 2.24) is 4.57 Å². The smallest absolute Gasteiger partial charge is 0.234 e. The summed E-state index contributed by atoms with van der Waals surface area (Å²) in [5.41, 5.74) is 0. The Morgan fingerprint density at radius 1 is 0.531 bits per heavy atom. The third-order valence-corrected chi connectivity index (χ3v) is 7.10. The number of aromatic nitrogens is 2. The number of aryl methyl sites for hydroxylation is 2. The van der Waals surface area contributed by atoms with E-state index in [0.717, 1.165) is 0 Å². The van der Waals surface area contributed by atoms with Crippen molar-refractivity contribution in [2.75, 3.05) is 0 Å². The molecule has 1 aromatic rings. The van der Waals surface area contributed by atoms with Crippen LogP contribution >= 0.6 is 0 Å². The first-order valence-corrected chi connectivity index (χ1v) is 14.9. The Morgan fingerprint density at radius 2 is 0.969 bits per heavy atom. The van der Waals surface area contributed by atoms with Gasteiger partial charge < -0.3 is 0 Å². The molecule has 0 aromatic carbocycles. The maximum Gasteiger partial charge on any atom is 0.256 e. The zero-order chi connectivity index (χ0) is 23.1. The van der Waals surface area contributed by atoms with Gasteiger partial charge in [0.25, 0.3) is 5.82 Å². The second-order valence-corrected chi connectivity index (χ2v) is 10.2. The molecule has 0 saturated heterocycles. The van der Waals surface area contributed by atoms with Crippen molar-refractivity contribution in [3.05, 3.63) is 18.2 Å². The van der Waals surface area contributed by atoms with E-state index in [1.54, 1.807) is 5.82 Å². The number of unbranched alkanes of at least 4 members (excludes halogenated alkanes) is 18. The van der Waals surface area contributed by atoms with Gasteiger partial charge in [0, 0.05) is 6.42 Å². The highest BCUT2D eigenvalue weighted by atomic mass is 15.1. The van der Waals surface area contributed by atoms with Crippen LogP contribution in [-0.4, -0.2) is 4.57 Å². The fourth-order valence-electron chi connectivity index (χ4n) is 4.91. The Morgan fingerprint density at radius 3 is 1.50 bits per heavy atom. The molecular formula is C30H59N2+. The zero-order valence-electron chi connectivity index (χ0n) is 22.5. The van der Waals surface area contributed by atoms with Gasteiger partial charge in [-0.2, -0.15) is 0 Å². The molecule has 0 unspecified atom stereocenters. The molecule has 0 aliphatic rings. The van der Waals surface area contributed by atoms with E-state index >= 15 is 0 Å². The highest BCUT2D eigenvalue weighted by molar-refractivity contribution is 4.84. The van der Waals surface area contributed by atoms with Gasteiger partial charge in [-0.15, -0.1) is 0 Å². The standard InChI is InChI=1S/C30H59N2/c1-4-7-10-12-13-14-15-16-17-18-19-20-21-24-27-32-29-28-31(26-23-9-6-3)30(32)25-22-11-8-5-2/h28-29H,4-27H2,1-3H3/q+1. The largest absolute Gasteiger partial charge is 0.256 e. The molecule has 0 atom stereocenters. The predicted molar refractivity (Wildman–Crippen MR) is 142 cm³/mol. The fourth-order valence-corrected chi connectivity index (χ4v) is 4.91. The Labute approximate surface area is 202 Å². The fraction of sp³-hybridized carbons (Fsp3) is 0.900. The minimum Gasteiger partial charge on any atom is -0.234 e. The highest BCUT2D eigenvalue weighted by Gasteiger charge is 2.16. The molecule has 0 spiro atoms. The molecule has 0 aliphatic heterocycles. The quantitative estimate of drug-likeness (QED) is 0.110. The van der Waals surface area contributed by atoms with Crippen molar-refractivity contribution in [3.8, 4) is 0 Å². The van der Waals surface area contributed by atoms with Crippen molar-refractivity contribution in [3.63, 3.8) is 0 Å². The third-order valence-electron chi connectivity index (χ3n) is 7.10. The number of imidazole rings is 1. The van der Waals surface area contributed by atoms with Crippen molar-refractivity contribution in [2.24, 2.45) is 0 Å². The lowest BCUT2D eigenvalue weighted by atomic mass is 10.0. The molecule has 0 bridgehead atoms. The molecular weight excluding hydrogens is 388 g/mol. The van der Waals surface area contributed by atoms with E-state index < -0.39 is 0 Å². The van der Waals surface area contributed by atoms with Crippen molar-refractivity contribution in [2.45, 2.75) is 175 Å². The number of hydrogen-bond acceptors (Lipinski definition) is 0. The second kappa shape index (κ2) is 22.0.